The number of nitrogens with one attached hydrogen (secondary N) is 1. The largest absolute Gasteiger partial charge is 0.417 e. The molecular formula is C26H20F5N5O. The van der Waals surface area contributed by atoms with E-state index >= 15 is 0 Å². The molecule has 0 saturated heterocycles. The van der Waals surface area contributed by atoms with Crippen LogP contribution in [0.4, 0.5) is 27.8 Å². The van der Waals surface area contributed by atoms with Crippen LogP contribution >= 0.6 is 0 Å². The summed E-state index contributed by atoms with van der Waals surface area (Å²) in [7, 11) is 0. The number of carbonyl (C=O) groups is 1. The maximum Gasteiger partial charge on any atom is 0.417 e. The lowest BCUT2D eigenvalue weighted by Crippen LogP contribution is -2.10. The average molecular weight is 513 g/mol. The summed E-state index contributed by atoms with van der Waals surface area (Å²) >= 11 is 0. The third-order valence-corrected chi connectivity index (χ3v) is 5.40. The standard InChI is InChI=1S/C26H20F5N5O/c27-20-7-6-17(21(28)10-20)14-34-24-11-22(23(37)5-1-3-16-4-2-8-32-12-16)35-25(36-24)18-9-19(15-33-13-18)26(29,30)31/h2,4,6-13,15H,1,3,5,14H2,(H,34,35,36). The number of halogens is 5. The summed E-state index contributed by atoms with van der Waals surface area (Å²) < 4.78 is 66.9. The molecule has 3 heterocycles. The van der Waals surface area contributed by atoms with Crippen LogP contribution in [0, 0.1) is 11.6 Å². The maximum absolute atomic E-state index is 14.1. The molecule has 1 aromatic carbocycles. The van der Waals surface area contributed by atoms with Crippen LogP contribution in [0.25, 0.3) is 11.4 Å². The number of aromatic nitrogens is 4. The third-order valence-electron chi connectivity index (χ3n) is 5.40. The molecule has 0 unspecified atom stereocenters. The number of hydrogen-bond donors (Lipinski definition) is 1. The van der Waals surface area contributed by atoms with Crippen LogP contribution in [0.3, 0.4) is 0 Å². The van der Waals surface area contributed by atoms with E-state index in [0.717, 1.165) is 30.0 Å². The molecule has 6 nitrogen and oxygen atoms in total. The minimum atomic E-state index is -4.63. The number of pyridine rings is 2. The van der Waals surface area contributed by atoms with Crippen LogP contribution in [-0.2, 0) is 19.1 Å². The van der Waals surface area contributed by atoms with Crippen molar-refractivity contribution in [2.45, 2.75) is 32.0 Å². The first-order chi connectivity index (χ1) is 17.7. The molecule has 0 atom stereocenters. The SMILES string of the molecule is O=C(CCCc1cccnc1)c1cc(NCc2ccc(F)cc2F)nc(-c2cncc(C(F)(F)F)c2)n1. The molecule has 3 aromatic heterocycles. The van der Waals surface area contributed by atoms with Gasteiger partial charge in [0, 0.05) is 61.0 Å². The van der Waals surface area contributed by atoms with E-state index in [2.05, 4.69) is 25.3 Å². The zero-order valence-corrected chi connectivity index (χ0v) is 19.3. The van der Waals surface area contributed by atoms with Crippen molar-refractivity contribution < 1.29 is 26.7 Å². The van der Waals surface area contributed by atoms with Crippen molar-refractivity contribution in [1.29, 1.82) is 0 Å². The first kappa shape index (κ1) is 25.8. The Balaban J connectivity index is 1.60. The van der Waals surface area contributed by atoms with Gasteiger partial charge < -0.3 is 5.32 Å². The first-order valence-electron chi connectivity index (χ1n) is 11.2. The van der Waals surface area contributed by atoms with E-state index in [9.17, 15) is 26.7 Å². The molecule has 0 radical (unpaired) electrons. The number of Topliss-reactive ketones (excluding diaryl/α,β-unsaturated/α-hetero) is 1. The Morgan fingerprint density at radius 2 is 1.78 bits per heavy atom. The van der Waals surface area contributed by atoms with Crippen molar-refractivity contribution in [3.05, 3.63) is 101 Å². The number of benzene rings is 1. The van der Waals surface area contributed by atoms with Gasteiger partial charge in [-0.3, -0.25) is 14.8 Å². The number of ketones is 1. The predicted octanol–water partition coefficient (Wildman–Crippen LogP) is 6.05. The normalized spacial score (nSPS) is 11.4. The quantitative estimate of drug-likeness (QED) is 0.217. The molecule has 0 aliphatic carbocycles. The molecule has 1 N–H and O–H groups in total. The van der Waals surface area contributed by atoms with Gasteiger partial charge in [0.25, 0.3) is 0 Å². The first-order valence-corrected chi connectivity index (χ1v) is 11.2. The molecule has 0 spiro atoms. The van der Waals surface area contributed by atoms with E-state index in [0.29, 0.717) is 19.0 Å². The lowest BCUT2D eigenvalue weighted by Gasteiger charge is -2.12. The number of carbonyl (C=O) groups excluding carboxylic acids is 1. The molecule has 4 rings (SSSR count). The lowest BCUT2D eigenvalue weighted by molar-refractivity contribution is -0.137. The number of anilines is 1. The van der Waals surface area contributed by atoms with E-state index in [1.807, 2.05) is 6.07 Å². The van der Waals surface area contributed by atoms with Crippen LogP contribution in [0.2, 0.25) is 0 Å². The average Bonchev–Trinajstić information content (AvgIpc) is 2.88. The van der Waals surface area contributed by atoms with Crippen LogP contribution < -0.4 is 5.32 Å². The molecule has 4 aromatic rings. The number of nitrogens with zero attached hydrogens (tertiary/aromatic N) is 4. The fourth-order valence-corrected chi connectivity index (χ4v) is 3.50. The summed E-state index contributed by atoms with van der Waals surface area (Å²) in [6, 6.07) is 8.93. The molecule has 0 saturated carbocycles. The fourth-order valence-electron chi connectivity index (χ4n) is 3.50. The van der Waals surface area contributed by atoms with Crippen molar-refractivity contribution >= 4 is 11.6 Å². The lowest BCUT2D eigenvalue weighted by atomic mass is 10.1. The second-order valence-corrected chi connectivity index (χ2v) is 8.15. The second-order valence-electron chi connectivity index (χ2n) is 8.15. The molecule has 37 heavy (non-hydrogen) atoms. The highest BCUT2D eigenvalue weighted by atomic mass is 19.4. The van der Waals surface area contributed by atoms with Gasteiger partial charge in [-0.2, -0.15) is 13.2 Å². The van der Waals surface area contributed by atoms with E-state index in [1.54, 1.807) is 18.5 Å². The highest BCUT2D eigenvalue weighted by Gasteiger charge is 2.31. The third kappa shape index (κ3) is 6.90. The molecule has 0 bridgehead atoms. The molecular weight excluding hydrogens is 493 g/mol. The van der Waals surface area contributed by atoms with Gasteiger partial charge in [0.1, 0.15) is 23.1 Å². The van der Waals surface area contributed by atoms with Gasteiger partial charge in [0.05, 0.1) is 5.56 Å². The zero-order valence-electron chi connectivity index (χ0n) is 19.3. The van der Waals surface area contributed by atoms with Gasteiger partial charge in [-0.1, -0.05) is 12.1 Å². The topological polar surface area (TPSA) is 80.7 Å². The van der Waals surface area contributed by atoms with Crippen molar-refractivity contribution in [3.63, 3.8) is 0 Å². The summed E-state index contributed by atoms with van der Waals surface area (Å²) in [4.78, 5) is 29.0. The van der Waals surface area contributed by atoms with E-state index < -0.39 is 23.4 Å². The Hall–Kier alpha value is -4.28. The Morgan fingerprint density at radius 3 is 2.51 bits per heavy atom. The minimum absolute atomic E-state index is 0.0179. The van der Waals surface area contributed by atoms with Gasteiger partial charge in [-0.05, 0) is 36.6 Å². The molecule has 11 heteroatoms. The molecule has 0 fully saturated rings. The van der Waals surface area contributed by atoms with Crippen LogP contribution in [0.5, 0.6) is 0 Å². The van der Waals surface area contributed by atoms with Gasteiger partial charge in [-0.15, -0.1) is 0 Å². The summed E-state index contributed by atoms with van der Waals surface area (Å²) in [5, 5.41) is 2.84. The highest BCUT2D eigenvalue weighted by molar-refractivity contribution is 5.95. The summed E-state index contributed by atoms with van der Waals surface area (Å²) in [6.45, 7) is -0.113. The number of hydrogen-bond acceptors (Lipinski definition) is 6. The monoisotopic (exact) mass is 513 g/mol. The fraction of sp³-hybridized carbons (Fsp3) is 0.192. The van der Waals surface area contributed by atoms with Crippen molar-refractivity contribution in [2.24, 2.45) is 0 Å². The zero-order chi connectivity index (χ0) is 26.4. The van der Waals surface area contributed by atoms with E-state index in [-0.39, 0.29) is 47.2 Å². The van der Waals surface area contributed by atoms with Gasteiger partial charge in [-0.25, -0.2) is 18.7 Å². The highest BCUT2D eigenvalue weighted by Crippen LogP contribution is 2.31. The van der Waals surface area contributed by atoms with E-state index in [1.165, 1.54) is 12.1 Å². The number of aryl methyl sites for hydroxylation is 1. The van der Waals surface area contributed by atoms with Gasteiger partial charge >= 0.3 is 6.18 Å². The van der Waals surface area contributed by atoms with Crippen molar-refractivity contribution in [1.82, 2.24) is 19.9 Å². The van der Waals surface area contributed by atoms with Gasteiger partial charge in [0.2, 0.25) is 0 Å². The summed E-state index contributed by atoms with van der Waals surface area (Å²) in [5.74, 6) is -1.93. The van der Waals surface area contributed by atoms with Gasteiger partial charge in [0.15, 0.2) is 11.6 Å². The van der Waals surface area contributed by atoms with Crippen LogP contribution in [0.1, 0.15) is 40.0 Å². The smallest absolute Gasteiger partial charge is 0.366 e. The molecule has 0 aliphatic heterocycles. The molecule has 190 valence electrons. The predicted molar refractivity (Wildman–Crippen MR) is 125 cm³/mol. The minimum Gasteiger partial charge on any atom is -0.366 e. The van der Waals surface area contributed by atoms with Crippen molar-refractivity contribution in [3.8, 4) is 11.4 Å². The van der Waals surface area contributed by atoms with Crippen molar-refractivity contribution in [2.75, 3.05) is 5.32 Å². The molecule has 0 aliphatic rings. The Morgan fingerprint density at radius 1 is 0.946 bits per heavy atom. The van der Waals surface area contributed by atoms with Crippen LogP contribution in [-0.4, -0.2) is 25.7 Å². The maximum atomic E-state index is 14.1. The Kier molecular flexibility index (Phi) is 7.80. The Labute approximate surface area is 208 Å². The summed E-state index contributed by atoms with van der Waals surface area (Å²) in [5.41, 5.74) is 0.0280. The summed E-state index contributed by atoms with van der Waals surface area (Å²) in [6.07, 6.45) is 1.76. The Bertz CT molecular complexity index is 1400. The number of alkyl halides is 3. The molecule has 0 amide bonds. The van der Waals surface area contributed by atoms with Crippen LogP contribution in [0.15, 0.2) is 67.3 Å². The number of rotatable bonds is 9. The van der Waals surface area contributed by atoms with E-state index in [4.69, 9.17) is 0 Å². The second kappa shape index (κ2) is 11.2.